The van der Waals surface area contributed by atoms with E-state index in [0.29, 0.717) is 24.4 Å². The zero-order chi connectivity index (χ0) is 16.5. The van der Waals surface area contributed by atoms with Gasteiger partial charge in [0, 0.05) is 0 Å². The van der Waals surface area contributed by atoms with Crippen LogP contribution in [0.1, 0.15) is 10.4 Å². The third-order valence-electron chi connectivity index (χ3n) is 4.00. The van der Waals surface area contributed by atoms with Crippen LogP contribution in [0.15, 0.2) is 48.5 Å². The molecule has 0 bridgehead atoms. The first-order valence-corrected chi connectivity index (χ1v) is 8.51. The Kier molecular flexibility index (Phi) is 3.82. The Labute approximate surface area is 143 Å². The minimum absolute atomic E-state index is 0.116. The maximum Gasteiger partial charge on any atom is 0.342 e. The normalized spacial score (nSPS) is 14.5. The number of rotatable bonds is 4. The molecule has 0 aliphatic carbocycles. The molecule has 1 saturated heterocycles. The van der Waals surface area contributed by atoms with Crippen LogP contribution >= 0.6 is 11.3 Å². The van der Waals surface area contributed by atoms with E-state index in [-0.39, 0.29) is 12.1 Å². The Balaban J connectivity index is 1.40. The number of aromatic nitrogens is 1. The maximum atomic E-state index is 12.3. The van der Waals surface area contributed by atoms with Gasteiger partial charge in [0.25, 0.3) is 0 Å². The van der Waals surface area contributed by atoms with Crippen molar-refractivity contribution in [3.8, 4) is 5.75 Å². The molecular weight excluding hydrogens is 324 g/mol. The molecule has 5 nitrogen and oxygen atoms in total. The summed E-state index contributed by atoms with van der Waals surface area (Å²) in [6.45, 7) is 1.33. The van der Waals surface area contributed by atoms with Crippen LogP contribution in [-0.4, -0.2) is 37.3 Å². The lowest BCUT2D eigenvalue weighted by Gasteiger charge is -2.38. The number of carbonyl (C=O) groups is 1. The molecule has 122 valence electrons. The van der Waals surface area contributed by atoms with Crippen LogP contribution in [0, 0.1) is 0 Å². The number of fused-ring (bicyclic) bond motifs is 1. The highest BCUT2D eigenvalue weighted by molar-refractivity contribution is 7.22. The average molecular weight is 340 g/mol. The van der Waals surface area contributed by atoms with E-state index in [4.69, 9.17) is 9.47 Å². The molecule has 1 fully saturated rings. The van der Waals surface area contributed by atoms with Gasteiger partial charge >= 0.3 is 5.97 Å². The van der Waals surface area contributed by atoms with E-state index in [1.807, 2.05) is 24.3 Å². The van der Waals surface area contributed by atoms with E-state index in [1.165, 1.54) is 4.70 Å². The molecule has 1 aliphatic heterocycles. The SMILES string of the molecule is COc1ccccc1C(=O)OC1CN(c2nc3ccccc3s2)C1. The minimum atomic E-state index is -0.346. The minimum Gasteiger partial charge on any atom is -0.496 e. The molecule has 4 rings (SSSR count). The fourth-order valence-electron chi connectivity index (χ4n) is 2.69. The summed E-state index contributed by atoms with van der Waals surface area (Å²) in [6, 6.07) is 15.2. The van der Waals surface area contributed by atoms with Gasteiger partial charge in [-0.05, 0) is 24.3 Å². The third kappa shape index (κ3) is 2.69. The molecule has 0 spiro atoms. The summed E-state index contributed by atoms with van der Waals surface area (Å²) >= 11 is 1.66. The quantitative estimate of drug-likeness (QED) is 0.682. The van der Waals surface area contributed by atoms with Crippen molar-refractivity contribution in [1.82, 2.24) is 4.98 Å². The summed E-state index contributed by atoms with van der Waals surface area (Å²) in [5, 5.41) is 0.973. The number of carbonyl (C=O) groups excluding carboxylic acids is 1. The van der Waals surface area contributed by atoms with Crippen molar-refractivity contribution in [1.29, 1.82) is 0 Å². The van der Waals surface area contributed by atoms with Gasteiger partial charge in [-0.15, -0.1) is 0 Å². The highest BCUT2D eigenvalue weighted by Crippen LogP contribution is 2.32. The molecule has 0 amide bonds. The average Bonchev–Trinajstić information content (AvgIpc) is 3.00. The van der Waals surface area contributed by atoms with Crippen molar-refractivity contribution in [2.24, 2.45) is 0 Å². The van der Waals surface area contributed by atoms with E-state index < -0.39 is 0 Å². The number of thiazole rings is 1. The summed E-state index contributed by atoms with van der Waals surface area (Å²) in [4.78, 5) is 19.0. The Morgan fingerprint density at radius 2 is 1.92 bits per heavy atom. The second-order valence-electron chi connectivity index (χ2n) is 5.60. The summed E-state index contributed by atoms with van der Waals surface area (Å²) in [7, 11) is 1.55. The van der Waals surface area contributed by atoms with Crippen molar-refractivity contribution in [2.45, 2.75) is 6.10 Å². The molecule has 0 saturated carbocycles. The zero-order valence-corrected chi connectivity index (χ0v) is 14.0. The lowest BCUT2D eigenvalue weighted by atomic mass is 10.1. The van der Waals surface area contributed by atoms with Crippen molar-refractivity contribution >= 4 is 32.7 Å². The standard InChI is InChI=1S/C18H16N2O3S/c1-22-15-8-4-2-6-13(15)17(21)23-12-10-20(11-12)18-19-14-7-3-5-9-16(14)24-18/h2-9,12H,10-11H2,1H3. The third-order valence-corrected chi connectivity index (χ3v) is 5.10. The van der Waals surface area contributed by atoms with Gasteiger partial charge in [0.05, 0.1) is 30.4 Å². The van der Waals surface area contributed by atoms with E-state index in [9.17, 15) is 4.79 Å². The van der Waals surface area contributed by atoms with Gasteiger partial charge in [0.1, 0.15) is 17.4 Å². The Morgan fingerprint density at radius 3 is 2.71 bits per heavy atom. The van der Waals surface area contributed by atoms with Crippen molar-refractivity contribution in [2.75, 3.05) is 25.1 Å². The van der Waals surface area contributed by atoms with E-state index in [1.54, 1.807) is 36.6 Å². The Bertz CT molecular complexity index is 854. The van der Waals surface area contributed by atoms with Gasteiger partial charge in [-0.2, -0.15) is 0 Å². The van der Waals surface area contributed by atoms with Crippen LogP contribution in [0.3, 0.4) is 0 Å². The van der Waals surface area contributed by atoms with Crippen LogP contribution in [-0.2, 0) is 4.74 Å². The number of esters is 1. The molecular formula is C18H16N2O3S. The van der Waals surface area contributed by atoms with Crippen LogP contribution in [0.25, 0.3) is 10.2 Å². The van der Waals surface area contributed by atoms with Crippen LogP contribution in [0.2, 0.25) is 0 Å². The molecule has 2 heterocycles. The smallest absolute Gasteiger partial charge is 0.342 e. The number of benzene rings is 2. The first-order chi connectivity index (χ1) is 11.7. The van der Waals surface area contributed by atoms with E-state index >= 15 is 0 Å². The predicted octanol–water partition coefficient (Wildman–Crippen LogP) is 3.35. The van der Waals surface area contributed by atoms with Gasteiger partial charge in [0.2, 0.25) is 0 Å². The maximum absolute atomic E-state index is 12.3. The molecule has 6 heteroatoms. The number of para-hydroxylation sites is 2. The molecule has 0 radical (unpaired) electrons. The van der Waals surface area contributed by atoms with Crippen LogP contribution < -0.4 is 9.64 Å². The Hall–Kier alpha value is -2.60. The lowest BCUT2D eigenvalue weighted by Crippen LogP contribution is -2.53. The molecule has 0 atom stereocenters. The van der Waals surface area contributed by atoms with Crippen molar-refractivity contribution in [3.63, 3.8) is 0 Å². The van der Waals surface area contributed by atoms with Gasteiger partial charge in [-0.3, -0.25) is 0 Å². The summed E-state index contributed by atoms with van der Waals surface area (Å²) in [6.07, 6.45) is -0.116. The van der Waals surface area contributed by atoms with Gasteiger partial charge in [0.15, 0.2) is 5.13 Å². The van der Waals surface area contributed by atoms with Crippen LogP contribution in [0.5, 0.6) is 5.75 Å². The fraction of sp³-hybridized carbons (Fsp3) is 0.222. The molecule has 0 N–H and O–H groups in total. The summed E-state index contributed by atoms with van der Waals surface area (Å²) in [5.74, 6) is 0.186. The largest absolute Gasteiger partial charge is 0.496 e. The second-order valence-corrected chi connectivity index (χ2v) is 6.61. The Morgan fingerprint density at radius 1 is 1.17 bits per heavy atom. The number of ether oxygens (including phenoxy) is 2. The molecule has 1 aliphatic rings. The lowest BCUT2D eigenvalue weighted by molar-refractivity contribution is 0.0231. The number of anilines is 1. The second kappa shape index (κ2) is 6.13. The topological polar surface area (TPSA) is 51.7 Å². The van der Waals surface area contributed by atoms with E-state index in [2.05, 4.69) is 16.0 Å². The van der Waals surface area contributed by atoms with Crippen LogP contribution in [0.4, 0.5) is 5.13 Å². The molecule has 3 aromatic rings. The van der Waals surface area contributed by atoms with Gasteiger partial charge in [-0.25, -0.2) is 9.78 Å². The van der Waals surface area contributed by atoms with Crippen molar-refractivity contribution in [3.05, 3.63) is 54.1 Å². The number of nitrogens with zero attached hydrogens (tertiary/aromatic N) is 2. The highest BCUT2D eigenvalue weighted by atomic mass is 32.1. The summed E-state index contributed by atoms with van der Waals surface area (Å²) < 4.78 is 11.9. The monoisotopic (exact) mass is 340 g/mol. The zero-order valence-electron chi connectivity index (χ0n) is 13.1. The summed E-state index contributed by atoms with van der Waals surface area (Å²) in [5.41, 5.74) is 1.46. The predicted molar refractivity (Wildman–Crippen MR) is 94.0 cm³/mol. The fourth-order valence-corrected chi connectivity index (χ4v) is 3.68. The molecule has 24 heavy (non-hydrogen) atoms. The molecule has 2 aromatic carbocycles. The van der Waals surface area contributed by atoms with Crippen molar-refractivity contribution < 1.29 is 14.3 Å². The van der Waals surface area contributed by atoms with Gasteiger partial charge < -0.3 is 14.4 Å². The van der Waals surface area contributed by atoms with Gasteiger partial charge in [-0.1, -0.05) is 35.6 Å². The molecule has 0 unspecified atom stereocenters. The number of hydrogen-bond acceptors (Lipinski definition) is 6. The first-order valence-electron chi connectivity index (χ1n) is 7.69. The molecule has 1 aromatic heterocycles. The van der Waals surface area contributed by atoms with E-state index in [0.717, 1.165) is 10.6 Å². The highest BCUT2D eigenvalue weighted by Gasteiger charge is 2.32. The number of hydrogen-bond donors (Lipinski definition) is 0. The first kappa shape index (κ1) is 15.0. The number of methoxy groups -OCH3 is 1.